The molecule has 0 atom stereocenters. The monoisotopic (exact) mass is 969 g/mol. The molecule has 349 valence electrons. The number of hydrogen-bond acceptors (Lipinski definition) is 9. The van der Waals surface area contributed by atoms with E-state index in [1.807, 2.05) is 76.8 Å². The molecule has 2 fully saturated rings. The zero-order valence-corrected chi connectivity index (χ0v) is 42.1. The van der Waals surface area contributed by atoms with Crippen molar-refractivity contribution in [3.63, 3.8) is 0 Å². The van der Waals surface area contributed by atoms with Gasteiger partial charge in [-0.25, -0.2) is 0 Å². The molecule has 2 saturated heterocycles. The summed E-state index contributed by atoms with van der Waals surface area (Å²) in [6.07, 6.45) is 8.39. The molecule has 4 aliphatic heterocycles. The van der Waals surface area contributed by atoms with Gasteiger partial charge < -0.3 is 54.3 Å². The number of methoxy groups -OCH3 is 2. The maximum absolute atomic E-state index is 13.2. The number of carbonyl (C=O) groups excluding carboxylic acids is 3. The predicted octanol–water partition coefficient (Wildman–Crippen LogP) is 4.95. The average molecular weight is 971 g/mol. The van der Waals surface area contributed by atoms with Crippen LogP contribution in [0.25, 0.3) is 11.4 Å². The van der Waals surface area contributed by atoms with E-state index in [1.54, 1.807) is 44.6 Å². The van der Waals surface area contributed by atoms with Crippen LogP contribution < -0.4 is 48.5 Å². The average Bonchev–Trinajstić information content (AvgIpc) is 4.06. The van der Waals surface area contributed by atoms with Crippen molar-refractivity contribution in [2.45, 2.75) is 49.7 Å². The van der Waals surface area contributed by atoms with E-state index in [0.29, 0.717) is 91.0 Å². The van der Waals surface area contributed by atoms with Crippen molar-refractivity contribution in [1.29, 1.82) is 0 Å². The van der Waals surface area contributed by atoms with Crippen molar-refractivity contribution in [3.05, 3.63) is 153 Å². The fraction of sp³-hybridized carbons (Fsp3) is 0.314. The molecule has 6 aromatic rings. The number of halogens is 2. The molecule has 6 heterocycles. The Kier molecular flexibility index (Phi) is 17.3. The predicted molar refractivity (Wildman–Crippen MR) is 258 cm³/mol. The van der Waals surface area contributed by atoms with Crippen LogP contribution in [0, 0.1) is 0 Å². The Bertz CT molecular complexity index is 2760. The fourth-order valence-corrected chi connectivity index (χ4v) is 9.88. The number of nitrogens with zero attached hydrogens (tertiary/aromatic N) is 4. The van der Waals surface area contributed by atoms with E-state index in [-0.39, 0.29) is 64.2 Å². The number of benzene rings is 4. The second-order valence-corrected chi connectivity index (χ2v) is 17.3. The number of carbonyl (C=O) groups is 3. The largest absolute Gasteiger partial charge is 1.00 e. The first kappa shape index (κ1) is 52.2. The van der Waals surface area contributed by atoms with E-state index in [2.05, 4.69) is 21.3 Å². The number of aliphatic hydroxyl groups is 2. The molecule has 4 aliphatic rings. The topological polar surface area (TPSA) is 145 Å². The van der Waals surface area contributed by atoms with Crippen molar-refractivity contribution in [2.24, 2.45) is 0 Å². The quantitative estimate of drug-likeness (QED) is 0.160. The molecule has 17 heteroatoms. The molecule has 0 aliphatic carbocycles. The van der Waals surface area contributed by atoms with Gasteiger partial charge in [0.25, 0.3) is 11.8 Å². The maximum atomic E-state index is 13.2. The Morgan fingerprint density at radius 1 is 0.676 bits per heavy atom. The van der Waals surface area contributed by atoms with Crippen molar-refractivity contribution in [1.82, 2.24) is 18.9 Å². The summed E-state index contributed by atoms with van der Waals surface area (Å²) in [5.41, 5.74) is 5.97. The molecule has 68 heavy (non-hydrogen) atoms. The number of ether oxygens (including phenoxy) is 4. The zero-order valence-electron chi connectivity index (χ0n) is 39.6. The third-order valence-corrected chi connectivity index (χ3v) is 13.3. The third kappa shape index (κ3) is 10.1. The van der Waals surface area contributed by atoms with Crippen molar-refractivity contribution < 1.29 is 74.5 Å². The summed E-state index contributed by atoms with van der Waals surface area (Å²) in [7, 11) is 4.12. The van der Waals surface area contributed by atoms with Gasteiger partial charge >= 0.3 is 29.6 Å². The van der Waals surface area contributed by atoms with Gasteiger partial charge in [0, 0.05) is 132 Å². The standard InChI is InChI=1S/C25H25ClN2O4.C25H23ClN2O4.CH4O.B.Na.H/c2*1-31-21-15-18(5-4-17(21)8-14-29)24(30)27-12-9-25(10-13-27)23-3-2-11-28(23)20-7-6-19(26)16-22(20)32-25;1-2;;;/h2-7,11,15-16,29H,8-10,12-14H2,1H3;2-7,11,14-16H,8-10,12-13H2,1H3;2H,1H3;;;/q;;;;+1;-1. The summed E-state index contributed by atoms with van der Waals surface area (Å²) >= 11 is 12.4. The fourth-order valence-electron chi connectivity index (χ4n) is 9.55. The summed E-state index contributed by atoms with van der Waals surface area (Å²) in [5, 5.41) is 17.5. The van der Waals surface area contributed by atoms with Crippen LogP contribution in [0.5, 0.6) is 23.0 Å². The third-order valence-electron chi connectivity index (χ3n) is 12.9. The van der Waals surface area contributed by atoms with E-state index in [9.17, 15) is 19.5 Å². The smallest absolute Gasteiger partial charge is 1.00 e. The van der Waals surface area contributed by atoms with Crippen molar-refractivity contribution in [2.75, 3.05) is 54.1 Å². The first-order chi connectivity index (χ1) is 32.1. The minimum atomic E-state index is -0.497. The Morgan fingerprint density at radius 3 is 1.51 bits per heavy atom. The van der Waals surface area contributed by atoms with Gasteiger partial charge in [-0.1, -0.05) is 35.3 Å². The van der Waals surface area contributed by atoms with Gasteiger partial charge in [-0.05, 0) is 84.8 Å². The van der Waals surface area contributed by atoms with Gasteiger partial charge in [-0.15, -0.1) is 0 Å². The molecular formula is C51H53BCl2N4NaO9. The van der Waals surface area contributed by atoms with Crippen LogP contribution in [0.2, 0.25) is 10.0 Å². The number of aldehydes is 1. The summed E-state index contributed by atoms with van der Waals surface area (Å²) in [5.74, 6) is 2.63. The molecule has 4 aromatic carbocycles. The molecule has 0 bridgehead atoms. The van der Waals surface area contributed by atoms with Crippen LogP contribution in [0.3, 0.4) is 0 Å². The van der Waals surface area contributed by atoms with Crippen LogP contribution in [0.15, 0.2) is 109 Å². The molecule has 2 N–H and O–H groups in total. The number of aliphatic hydroxyl groups excluding tert-OH is 2. The number of hydrogen-bond donors (Lipinski definition) is 2. The Hall–Kier alpha value is -5.19. The van der Waals surface area contributed by atoms with E-state index in [1.165, 1.54) is 0 Å². The van der Waals surface area contributed by atoms with Crippen LogP contribution >= 0.6 is 23.2 Å². The van der Waals surface area contributed by atoms with E-state index >= 15 is 0 Å². The van der Waals surface area contributed by atoms with Crippen LogP contribution in [0.4, 0.5) is 0 Å². The maximum Gasteiger partial charge on any atom is 1.00 e. The second kappa shape index (κ2) is 22.5. The zero-order chi connectivity index (χ0) is 46.6. The molecule has 2 amide bonds. The summed E-state index contributed by atoms with van der Waals surface area (Å²) in [4.78, 5) is 41.0. The molecule has 2 spiro atoms. The summed E-state index contributed by atoms with van der Waals surface area (Å²) in [6, 6.07) is 30.3. The number of fused-ring (bicyclic) bond motifs is 8. The van der Waals surface area contributed by atoms with Crippen molar-refractivity contribution in [3.8, 4) is 34.4 Å². The summed E-state index contributed by atoms with van der Waals surface area (Å²) < 4.78 is 28.2. The van der Waals surface area contributed by atoms with E-state index in [4.69, 9.17) is 47.3 Å². The number of piperidine rings is 2. The molecular weight excluding hydrogens is 917 g/mol. The minimum absolute atomic E-state index is 0. The summed E-state index contributed by atoms with van der Waals surface area (Å²) in [6.45, 7) is 2.34. The molecule has 13 nitrogen and oxygen atoms in total. The van der Waals surface area contributed by atoms with Crippen LogP contribution in [-0.2, 0) is 28.8 Å². The van der Waals surface area contributed by atoms with Gasteiger partial charge in [-0.2, -0.15) is 0 Å². The minimum Gasteiger partial charge on any atom is -1.00 e. The van der Waals surface area contributed by atoms with Crippen LogP contribution in [-0.4, -0.2) is 110 Å². The number of aromatic nitrogens is 2. The van der Waals surface area contributed by atoms with Crippen LogP contribution in [0.1, 0.15) is 70.3 Å². The first-order valence-corrected chi connectivity index (χ1v) is 22.6. The van der Waals surface area contributed by atoms with E-state index < -0.39 is 11.2 Å². The Labute approximate surface area is 431 Å². The number of rotatable bonds is 8. The van der Waals surface area contributed by atoms with Gasteiger partial charge in [0.2, 0.25) is 0 Å². The Morgan fingerprint density at radius 2 is 1.10 bits per heavy atom. The molecule has 0 unspecified atom stereocenters. The van der Waals surface area contributed by atoms with E-state index in [0.717, 1.165) is 58.8 Å². The molecule has 3 radical (unpaired) electrons. The number of likely N-dealkylation sites (tertiary alicyclic amines) is 2. The molecule has 10 rings (SSSR count). The molecule has 0 saturated carbocycles. The van der Waals surface area contributed by atoms with Gasteiger partial charge in [0.15, 0.2) is 11.2 Å². The molecule has 2 aromatic heterocycles. The first-order valence-electron chi connectivity index (χ1n) is 21.8. The van der Waals surface area contributed by atoms with Gasteiger partial charge in [-0.3, -0.25) is 9.59 Å². The SMILES string of the molecule is CO.COc1cc(C(=O)N2CCC3(CC2)Oc2cc(Cl)ccc2-n2cccc23)ccc1CC=O.COc1cc(C(=O)N2CCC3(CC2)Oc2cc(Cl)ccc2-n2cccc23)ccc1CCO.[B].[H-].[Na+]. The number of amides is 2. The second-order valence-electron chi connectivity index (χ2n) is 16.4. The normalized spacial score (nSPS) is 15.3. The van der Waals surface area contributed by atoms with Gasteiger partial charge in [0.05, 0.1) is 37.0 Å². The van der Waals surface area contributed by atoms with Crippen molar-refractivity contribution >= 4 is 49.7 Å². The van der Waals surface area contributed by atoms with Gasteiger partial charge in [0.1, 0.15) is 29.3 Å². The Balaban J connectivity index is 0.000000239.